The van der Waals surface area contributed by atoms with E-state index in [-0.39, 0.29) is 13.0 Å². The van der Waals surface area contributed by atoms with Crippen LogP contribution in [0.2, 0.25) is 0 Å². The average Bonchev–Trinajstić information content (AvgIpc) is 2.47. The second-order valence-electron chi connectivity index (χ2n) is 4.62. The van der Waals surface area contributed by atoms with E-state index in [9.17, 15) is 14.4 Å². The van der Waals surface area contributed by atoms with Crippen LogP contribution in [0.3, 0.4) is 0 Å². The van der Waals surface area contributed by atoms with Gasteiger partial charge in [-0.15, -0.1) is 0 Å². The number of amides is 3. The van der Waals surface area contributed by atoms with E-state index in [1.807, 2.05) is 30.4 Å². The van der Waals surface area contributed by atoms with Crippen LogP contribution in [-0.2, 0) is 14.3 Å². The van der Waals surface area contributed by atoms with Crippen LogP contribution in [0.25, 0.3) is 0 Å². The number of carbonyl (C=O) groups is 3. The summed E-state index contributed by atoms with van der Waals surface area (Å²) in [6, 6.07) is 6.78. The second-order valence-corrected chi connectivity index (χ2v) is 4.62. The van der Waals surface area contributed by atoms with Crippen molar-refractivity contribution in [2.24, 2.45) is 0 Å². The fraction of sp³-hybridized carbons (Fsp3) is 0.400. The number of aryl methyl sites for hydroxylation is 1. The van der Waals surface area contributed by atoms with E-state index < -0.39 is 24.0 Å². The molecule has 1 aromatic carbocycles. The molecule has 120 valence electrons. The highest BCUT2D eigenvalue weighted by molar-refractivity contribution is 5.96. The van der Waals surface area contributed by atoms with E-state index in [0.29, 0.717) is 5.75 Å². The topological polar surface area (TPSA) is 93.7 Å². The normalized spacial score (nSPS) is 11.2. The Morgan fingerprint density at radius 2 is 2.00 bits per heavy atom. The van der Waals surface area contributed by atoms with Crippen LogP contribution >= 0.6 is 0 Å². The average molecular weight is 308 g/mol. The van der Waals surface area contributed by atoms with Gasteiger partial charge >= 0.3 is 12.0 Å². The maximum Gasteiger partial charge on any atom is 0.321 e. The van der Waals surface area contributed by atoms with Gasteiger partial charge in [0.2, 0.25) is 0 Å². The molecule has 0 saturated carbocycles. The number of esters is 1. The minimum Gasteiger partial charge on any atom is -0.493 e. The molecule has 0 heterocycles. The van der Waals surface area contributed by atoms with Crippen molar-refractivity contribution >= 4 is 17.9 Å². The van der Waals surface area contributed by atoms with Gasteiger partial charge in [0.15, 0.2) is 6.10 Å². The van der Waals surface area contributed by atoms with E-state index in [1.165, 1.54) is 14.0 Å². The largest absolute Gasteiger partial charge is 0.493 e. The highest BCUT2D eigenvalue weighted by atomic mass is 16.5. The zero-order chi connectivity index (χ0) is 16.5. The van der Waals surface area contributed by atoms with Crippen molar-refractivity contribution in [1.82, 2.24) is 10.6 Å². The lowest BCUT2D eigenvalue weighted by Crippen LogP contribution is -2.43. The van der Waals surface area contributed by atoms with Crippen molar-refractivity contribution in [3.63, 3.8) is 0 Å². The molecule has 0 aliphatic heterocycles. The summed E-state index contributed by atoms with van der Waals surface area (Å²) >= 11 is 0. The van der Waals surface area contributed by atoms with Crippen LogP contribution in [0.15, 0.2) is 24.3 Å². The van der Waals surface area contributed by atoms with Crippen molar-refractivity contribution < 1.29 is 23.9 Å². The maximum atomic E-state index is 11.6. The third-order valence-corrected chi connectivity index (χ3v) is 2.71. The van der Waals surface area contributed by atoms with E-state index >= 15 is 0 Å². The Labute approximate surface area is 129 Å². The molecule has 7 heteroatoms. The SMILES string of the molecule is CNC(=O)NC(=O)[C@@H](C)OC(=O)CCOc1cccc(C)c1. The lowest BCUT2D eigenvalue weighted by atomic mass is 10.2. The quantitative estimate of drug-likeness (QED) is 0.769. The van der Waals surface area contributed by atoms with Crippen molar-refractivity contribution in [3.8, 4) is 5.75 Å². The number of benzene rings is 1. The number of rotatable bonds is 6. The zero-order valence-electron chi connectivity index (χ0n) is 12.8. The molecule has 0 bridgehead atoms. The van der Waals surface area contributed by atoms with Crippen LogP contribution in [0.1, 0.15) is 18.9 Å². The monoisotopic (exact) mass is 308 g/mol. The molecular weight excluding hydrogens is 288 g/mol. The van der Waals surface area contributed by atoms with E-state index in [1.54, 1.807) is 6.07 Å². The Bertz CT molecular complexity index is 544. The molecule has 3 amide bonds. The Hall–Kier alpha value is -2.57. The smallest absolute Gasteiger partial charge is 0.321 e. The Kier molecular flexibility index (Phi) is 6.88. The lowest BCUT2D eigenvalue weighted by Gasteiger charge is -2.13. The molecule has 0 spiro atoms. The molecule has 0 unspecified atom stereocenters. The molecule has 0 saturated heterocycles. The van der Waals surface area contributed by atoms with E-state index in [2.05, 4.69) is 5.32 Å². The molecule has 0 aliphatic rings. The predicted octanol–water partition coefficient (Wildman–Crippen LogP) is 1.15. The van der Waals surface area contributed by atoms with Crippen LogP contribution < -0.4 is 15.4 Å². The van der Waals surface area contributed by atoms with E-state index in [4.69, 9.17) is 9.47 Å². The molecule has 1 aromatic rings. The Balaban J connectivity index is 2.30. The number of hydrogen-bond donors (Lipinski definition) is 2. The number of ether oxygens (including phenoxy) is 2. The Morgan fingerprint density at radius 1 is 1.27 bits per heavy atom. The minimum absolute atomic E-state index is 0.00549. The number of imide groups is 1. The van der Waals surface area contributed by atoms with Crippen LogP contribution in [0.4, 0.5) is 4.79 Å². The first-order chi connectivity index (χ1) is 10.4. The summed E-state index contributed by atoms with van der Waals surface area (Å²) in [6.07, 6.45) is -1.05. The molecule has 0 radical (unpaired) electrons. The highest BCUT2D eigenvalue weighted by Gasteiger charge is 2.19. The summed E-state index contributed by atoms with van der Waals surface area (Å²) in [5.74, 6) is -0.599. The van der Waals surface area contributed by atoms with Gasteiger partial charge in [-0.25, -0.2) is 4.79 Å². The molecule has 2 N–H and O–H groups in total. The summed E-state index contributed by atoms with van der Waals surface area (Å²) in [6.45, 7) is 3.47. The molecule has 1 atom stereocenters. The molecule has 0 aromatic heterocycles. The fourth-order valence-corrected chi connectivity index (χ4v) is 1.54. The number of urea groups is 1. The summed E-state index contributed by atoms with van der Waals surface area (Å²) in [7, 11) is 1.38. The number of nitrogens with one attached hydrogen (secondary N) is 2. The first-order valence-electron chi connectivity index (χ1n) is 6.84. The van der Waals surface area contributed by atoms with Crippen molar-refractivity contribution in [2.75, 3.05) is 13.7 Å². The van der Waals surface area contributed by atoms with Gasteiger partial charge in [0.25, 0.3) is 5.91 Å². The van der Waals surface area contributed by atoms with Gasteiger partial charge in [0.05, 0.1) is 13.0 Å². The van der Waals surface area contributed by atoms with Crippen LogP contribution in [-0.4, -0.2) is 37.7 Å². The van der Waals surface area contributed by atoms with Crippen LogP contribution in [0.5, 0.6) is 5.75 Å². The van der Waals surface area contributed by atoms with Gasteiger partial charge in [0, 0.05) is 7.05 Å². The second kappa shape index (κ2) is 8.66. The first-order valence-corrected chi connectivity index (χ1v) is 6.84. The highest BCUT2D eigenvalue weighted by Crippen LogP contribution is 2.12. The zero-order valence-corrected chi connectivity index (χ0v) is 12.8. The molecular formula is C15H20N2O5. The molecule has 22 heavy (non-hydrogen) atoms. The molecule has 0 aliphatic carbocycles. The van der Waals surface area contributed by atoms with Crippen LogP contribution in [0, 0.1) is 6.92 Å². The van der Waals surface area contributed by atoms with Crippen molar-refractivity contribution in [2.45, 2.75) is 26.4 Å². The summed E-state index contributed by atoms with van der Waals surface area (Å²) < 4.78 is 10.3. The third kappa shape index (κ3) is 6.25. The molecule has 0 fully saturated rings. The number of carbonyl (C=O) groups excluding carboxylic acids is 3. The minimum atomic E-state index is -1.05. The standard InChI is InChI=1S/C15H20N2O5/c1-10-5-4-6-12(9-10)21-8-7-13(18)22-11(2)14(19)17-15(20)16-3/h4-6,9,11H,7-8H2,1-3H3,(H2,16,17,19,20)/t11-/m1/s1. The molecule has 1 rings (SSSR count). The third-order valence-electron chi connectivity index (χ3n) is 2.71. The van der Waals surface area contributed by atoms with Crippen molar-refractivity contribution in [1.29, 1.82) is 0 Å². The summed E-state index contributed by atoms with van der Waals surface area (Å²) in [5, 5.41) is 4.26. The van der Waals surface area contributed by atoms with Crippen molar-refractivity contribution in [3.05, 3.63) is 29.8 Å². The summed E-state index contributed by atoms with van der Waals surface area (Å²) in [4.78, 5) is 34.1. The number of hydrogen-bond acceptors (Lipinski definition) is 5. The lowest BCUT2D eigenvalue weighted by molar-refractivity contribution is -0.154. The van der Waals surface area contributed by atoms with Gasteiger partial charge in [-0.3, -0.25) is 14.9 Å². The maximum absolute atomic E-state index is 11.6. The van der Waals surface area contributed by atoms with E-state index in [0.717, 1.165) is 5.56 Å². The van der Waals surface area contributed by atoms with Gasteiger partial charge in [-0.1, -0.05) is 12.1 Å². The Morgan fingerprint density at radius 3 is 2.64 bits per heavy atom. The first kappa shape index (κ1) is 17.5. The van der Waals surface area contributed by atoms with Gasteiger partial charge in [0.1, 0.15) is 5.75 Å². The fourth-order valence-electron chi connectivity index (χ4n) is 1.54. The van der Waals surface area contributed by atoms with Gasteiger partial charge in [-0.05, 0) is 31.5 Å². The van der Waals surface area contributed by atoms with Gasteiger partial charge in [-0.2, -0.15) is 0 Å². The van der Waals surface area contributed by atoms with Gasteiger partial charge < -0.3 is 14.8 Å². The molecule has 7 nitrogen and oxygen atoms in total. The predicted molar refractivity (Wildman–Crippen MR) is 79.4 cm³/mol. The summed E-state index contributed by atoms with van der Waals surface area (Å²) in [5.41, 5.74) is 1.06.